The molecule has 1 aromatic heterocycles. The molecule has 7 nitrogen and oxygen atoms in total. The summed E-state index contributed by atoms with van der Waals surface area (Å²) in [5.41, 5.74) is 3.76. The van der Waals surface area contributed by atoms with Gasteiger partial charge in [-0.25, -0.2) is 4.79 Å². The van der Waals surface area contributed by atoms with Crippen LogP contribution in [0.4, 0.5) is 0 Å². The van der Waals surface area contributed by atoms with Gasteiger partial charge in [-0.1, -0.05) is 12.2 Å². The summed E-state index contributed by atoms with van der Waals surface area (Å²) in [5.74, 6) is -0.349. The van der Waals surface area contributed by atoms with Crippen molar-refractivity contribution in [2.75, 3.05) is 7.11 Å². The van der Waals surface area contributed by atoms with Crippen molar-refractivity contribution >= 4 is 11.5 Å². The molecule has 0 bridgehead atoms. The molecule has 0 saturated heterocycles. The molecule has 7 heteroatoms. The van der Waals surface area contributed by atoms with Crippen LogP contribution in [0.15, 0.2) is 66.6 Å². The number of esters is 1. The first-order chi connectivity index (χ1) is 12.2. The highest BCUT2D eigenvalue weighted by atomic mass is 16.5. The predicted molar refractivity (Wildman–Crippen MR) is 93.3 cm³/mol. The maximum Gasteiger partial charge on any atom is 0.339 e. The van der Waals surface area contributed by atoms with Crippen LogP contribution >= 0.6 is 0 Å². The average Bonchev–Trinajstić information content (AvgIpc) is 3.27. The zero-order chi connectivity index (χ0) is 17.4. The molecule has 2 atom stereocenters. The van der Waals surface area contributed by atoms with Crippen molar-refractivity contribution in [2.24, 2.45) is 7.05 Å². The van der Waals surface area contributed by atoms with Gasteiger partial charge in [-0.3, -0.25) is 4.68 Å². The normalized spacial score (nSPS) is 23.9. The van der Waals surface area contributed by atoms with Gasteiger partial charge in [0.15, 0.2) is 0 Å². The van der Waals surface area contributed by atoms with Crippen LogP contribution in [-0.2, 0) is 16.6 Å². The third-order valence-corrected chi connectivity index (χ3v) is 4.40. The molecule has 0 saturated carbocycles. The van der Waals surface area contributed by atoms with Gasteiger partial charge >= 0.3 is 5.97 Å². The topological polar surface area (TPSA) is 71.4 Å². The van der Waals surface area contributed by atoms with Crippen molar-refractivity contribution < 1.29 is 9.53 Å². The molecule has 0 aliphatic carbocycles. The van der Waals surface area contributed by atoms with Crippen LogP contribution in [0.2, 0.25) is 0 Å². The van der Waals surface area contributed by atoms with Gasteiger partial charge in [0.1, 0.15) is 6.17 Å². The highest BCUT2D eigenvalue weighted by molar-refractivity contribution is 5.91. The lowest BCUT2D eigenvalue weighted by Crippen LogP contribution is -2.39. The van der Waals surface area contributed by atoms with Crippen molar-refractivity contribution in [1.82, 2.24) is 25.3 Å². The molecule has 4 heterocycles. The van der Waals surface area contributed by atoms with Gasteiger partial charge in [-0.05, 0) is 12.2 Å². The Morgan fingerprint density at radius 2 is 2.12 bits per heavy atom. The summed E-state index contributed by atoms with van der Waals surface area (Å²) in [4.78, 5) is 13.8. The first kappa shape index (κ1) is 15.3. The fraction of sp³-hybridized carbons (Fsp3) is 0.222. The second-order valence-electron chi connectivity index (χ2n) is 6.03. The molecule has 0 amide bonds. The van der Waals surface area contributed by atoms with Gasteiger partial charge in [-0.15, -0.1) is 0 Å². The number of dihydropyridines is 1. The van der Waals surface area contributed by atoms with Crippen molar-refractivity contribution in [3.8, 4) is 0 Å². The molecule has 0 fully saturated rings. The van der Waals surface area contributed by atoms with Gasteiger partial charge in [0.25, 0.3) is 0 Å². The van der Waals surface area contributed by atoms with Gasteiger partial charge in [0, 0.05) is 43.0 Å². The molecule has 25 heavy (non-hydrogen) atoms. The lowest BCUT2D eigenvalue weighted by Gasteiger charge is -2.31. The minimum atomic E-state index is -0.349. The number of carbonyl (C=O) groups excluding carboxylic acids is 1. The number of ether oxygens (including phenoxy) is 1. The largest absolute Gasteiger partial charge is 0.465 e. The minimum Gasteiger partial charge on any atom is -0.465 e. The van der Waals surface area contributed by atoms with Crippen molar-refractivity contribution in [3.05, 3.63) is 72.1 Å². The first-order valence-electron chi connectivity index (χ1n) is 8.02. The molecule has 2 unspecified atom stereocenters. The number of rotatable bonds is 3. The molecule has 1 aromatic rings. The molecule has 3 aliphatic rings. The van der Waals surface area contributed by atoms with Crippen molar-refractivity contribution in [1.29, 1.82) is 0 Å². The van der Waals surface area contributed by atoms with E-state index in [2.05, 4.69) is 39.0 Å². The number of fused-ring (bicyclic) bond motifs is 1. The molecule has 3 aliphatic heterocycles. The Labute approximate surface area is 145 Å². The second kappa shape index (κ2) is 6.01. The number of aromatic nitrogens is 2. The molecular formula is C18H19N5O2. The van der Waals surface area contributed by atoms with E-state index >= 15 is 0 Å². The number of nitrogens with one attached hydrogen (secondary N) is 2. The summed E-state index contributed by atoms with van der Waals surface area (Å²) in [5, 5.41) is 10.8. The van der Waals surface area contributed by atoms with E-state index in [0.717, 1.165) is 16.8 Å². The maximum atomic E-state index is 11.6. The van der Waals surface area contributed by atoms with Gasteiger partial charge < -0.3 is 20.3 Å². The molecule has 4 rings (SSSR count). The number of allylic oxidation sites excluding steroid dienone is 2. The second-order valence-corrected chi connectivity index (χ2v) is 6.03. The number of hydrogen-bond donors (Lipinski definition) is 2. The summed E-state index contributed by atoms with van der Waals surface area (Å²) in [6.07, 6.45) is 17.7. The smallest absolute Gasteiger partial charge is 0.339 e. The van der Waals surface area contributed by atoms with Crippen LogP contribution in [-0.4, -0.2) is 40.0 Å². The van der Waals surface area contributed by atoms with E-state index in [0.29, 0.717) is 5.57 Å². The summed E-state index contributed by atoms with van der Waals surface area (Å²) >= 11 is 0. The lowest BCUT2D eigenvalue weighted by molar-refractivity contribution is -0.135. The maximum absolute atomic E-state index is 11.6. The van der Waals surface area contributed by atoms with Crippen LogP contribution in [0.25, 0.3) is 5.57 Å². The van der Waals surface area contributed by atoms with E-state index in [1.54, 1.807) is 17.0 Å². The highest BCUT2D eigenvalue weighted by Gasteiger charge is 2.30. The minimum absolute atomic E-state index is 0.0243. The molecule has 0 aromatic carbocycles. The molecular weight excluding hydrogens is 318 g/mol. The van der Waals surface area contributed by atoms with Gasteiger partial charge in [-0.2, -0.15) is 5.10 Å². The zero-order valence-electron chi connectivity index (χ0n) is 14.0. The van der Waals surface area contributed by atoms with E-state index in [-0.39, 0.29) is 18.2 Å². The number of hydrogen-bond acceptors (Lipinski definition) is 6. The Morgan fingerprint density at radius 3 is 2.80 bits per heavy atom. The Balaban J connectivity index is 1.54. The fourth-order valence-corrected chi connectivity index (χ4v) is 3.08. The summed E-state index contributed by atoms with van der Waals surface area (Å²) in [6.45, 7) is 0. The predicted octanol–water partition coefficient (Wildman–Crippen LogP) is 0.988. The van der Waals surface area contributed by atoms with Crippen LogP contribution in [0.3, 0.4) is 0 Å². The Kier molecular flexibility index (Phi) is 3.68. The van der Waals surface area contributed by atoms with Crippen LogP contribution in [0.5, 0.6) is 0 Å². The Morgan fingerprint density at radius 1 is 1.24 bits per heavy atom. The first-order valence-corrected chi connectivity index (χ1v) is 8.02. The number of methoxy groups -OCH3 is 1. The Bertz CT molecular complexity index is 859. The van der Waals surface area contributed by atoms with E-state index < -0.39 is 0 Å². The molecule has 2 N–H and O–H groups in total. The van der Waals surface area contributed by atoms with Gasteiger partial charge in [0.2, 0.25) is 0 Å². The number of nitrogens with zero attached hydrogens (tertiary/aromatic N) is 3. The van der Waals surface area contributed by atoms with Crippen LogP contribution in [0, 0.1) is 0 Å². The van der Waals surface area contributed by atoms with E-state index in [9.17, 15) is 4.79 Å². The third kappa shape index (κ3) is 2.73. The summed E-state index contributed by atoms with van der Waals surface area (Å²) < 4.78 is 6.53. The van der Waals surface area contributed by atoms with E-state index in [1.165, 1.54) is 7.11 Å². The van der Waals surface area contributed by atoms with Crippen LogP contribution in [0.1, 0.15) is 5.56 Å². The number of carbonyl (C=O) groups is 1. The lowest BCUT2D eigenvalue weighted by atomic mass is 10.0. The van der Waals surface area contributed by atoms with Crippen molar-refractivity contribution in [3.63, 3.8) is 0 Å². The molecule has 0 radical (unpaired) electrons. The van der Waals surface area contributed by atoms with Gasteiger partial charge in [0.05, 0.1) is 30.6 Å². The zero-order valence-corrected chi connectivity index (χ0v) is 14.0. The third-order valence-electron chi connectivity index (χ3n) is 4.40. The van der Waals surface area contributed by atoms with Crippen molar-refractivity contribution in [2.45, 2.75) is 12.2 Å². The van der Waals surface area contributed by atoms with E-state index in [1.807, 2.05) is 31.7 Å². The molecule has 128 valence electrons. The average molecular weight is 337 g/mol. The monoisotopic (exact) mass is 337 g/mol. The highest BCUT2D eigenvalue weighted by Crippen LogP contribution is 2.29. The number of aryl methyl sites for hydroxylation is 1. The standard InChI is InChI=1S/C18H19N5O2/c1-22-10-14(8-21-22)13-4-6-17-20-9-16(23(17)11-13)15-5-3-12(7-19-15)18(24)25-2/h3-11,15,17,19-20H,1-2H3. The molecule has 0 spiro atoms. The SMILES string of the molecule is COC(=O)C1=CNC(C2=CNC3C=CC(c4cnn(C)c4)=CN23)C=C1. The summed E-state index contributed by atoms with van der Waals surface area (Å²) in [7, 11) is 3.28. The van der Waals surface area contributed by atoms with E-state index in [4.69, 9.17) is 4.74 Å². The summed E-state index contributed by atoms with van der Waals surface area (Å²) in [6, 6.07) is -0.0243. The quantitative estimate of drug-likeness (QED) is 0.802. The Hall–Kier alpha value is -3.22. The fourth-order valence-electron chi connectivity index (χ4n) is 3.08. The van der Waals surface area contributed by atoms with Crippen LogP contribution < -0.4 is 10.6 Å².